The molecule has 0 amide bonds. The Labute approximate surface area is 114 Å². The normalized spacial score (nSPS) is 11.4. The number of ketones is 1. The molecule has 0 atom stereocenters. The van der Waals surface area contributed by atoms with Gasteiger partial charge in [-0.1, -0.05) is 32.0 Å². The molecule has 19 heavy (non-hydrogen) atoms. The Kier molecular flexibility index (Phi) is 4.38. The van der Waals surface area contributed by atoms with Gasteiger partial charge in [0.25, 0.3) is 0 Å². The van der Waals surface area contributed by atoms with Gasteiger partial charge in [0.2, 0.25) is 0 Å². The molecule has 0 aliphatic heterocycles. The van der Waals surface area contributed by atoms with E-state index in [1.165, 1.54) is 0 Å². The minimum Gasteiger partial charge on any atom is -0.358 e. The molecule has 102 valence electrons. The largest absolute Gasteiger partial charge is 0.358 e. The highest BCUT2D eigenvalue weighted by Crippen LogP contribution is 2.21. The first-order chi connectivity index (χ1) is 9.09. The molecule has 2 rings (SSSR count). The second-order valence-corrected chi connectivity index (χ2v) is 5.45. The summed E-state index contributed by atoms with van der Waals surface area (Å²) in [4.78, 5) is 15.6. The molecule has 3 heteroatoms. The van der Waals surface area contributed by atoms with Crippen LogP contribution in [-0.2, 0) is 0 Å². The smallest absolute Gasteiger partial charge is 0.179 e. The summed E-state index contributed by atoms with van der Waals surface area (Å²) >= 11 is 0. The van der Waals surface area contributed by atoms with Crippen molar-refractivity contribution in [3.63, 3.8) is 0 Å². The summed E-state index contributed by atoms with van der Waals surface area (Å²) < 4.78 is 0. The van der Waals surface area contributed by atoms with Crippen molar-refractivity contribution in [1.82, 2.24) is 10.3 Å². The number of fused-ring (bicyclic) bond motifs is 1. The van der Waals surface area contributed by atoms with Crippen molar-refractivity contribution in [1.29, 1.82) is 0 Å². The summed E-state index contributed by atoms with van der Waals surface area (Å²) in [5, 5.41) is 4.26. The van der Waals surface area contributed by atoms with E-state index in [1.807, 2.05) is 31.2 Å². The van der Waals surface area contributed by atoms with Crippen molar-refractivity contribution >= 4 is 16.7 Å². The van der Waals surface area contributed by atoms with Crippen molar-refractivity contribution in [3.8, 4) is 0 Å². The molecule has 0 fully saturated rings. The number of H-pyrrole nitrogens is 1. The first-order valence-electron chi connectivity index (χ1n) is 6.91. The summed E-state index contributed by atoms with van der Waals surface area (Å²) in [6.45, 7) is 7.64. The Morgan fingerprint density at radius 2 is 2.05 bits per heavy atom. The fourth-order valence-corrected chi connectivity index (χ4v) is 2.32. The van der Waals surface area contributed by atoms with Crippen LogP contribution in [0.15, 0.2) is 24.3 Å². The summed E-state index contributed by atoms with van der Waals surface area (Å²) in [7, 11) is 0. The maximum Gasteiger partial charge on any atom is 0.179 e. The van der Waals surface area contributed by atoms with Gasteiger partial charge in [0.05, 0.1) is 6.54 Å². The number of benzene rings is 1. The Balaban J connectivity index is 2.07. The van der Waals surface area contributed by atoms with E-state index in [2.05, 4.69) is 24.1 Å². The lowest BCUT2D eigenvalue weighted by molar-refractivity contribution is 0.0992. The van der Waals surface area contributed by atoms with Crippen LogP contribution in [0.5, 0.6) is 0 Å². The molecular weight excluding hydrogens is 236 g/mol. The molecular formula is C16H22N2O. The van der Waals surface area contributed by atoms with Crippen LogP contribution in [0.2, 0.25) is 0 Å². The molecule has 0 aliphatic carbocycles. The van der Waals surface area contributed by atoms with Gasteiger partial charge in [-0.25, -0.2) is 0 Å². The van der Waals surface area contributed by atoms with Crippen LogP contribution < -0.4 is 5.32 Å². The monoisotopic (exact) mass is 258 g/mol. The summed E-state index contributed by atoms with van der Waals surface area (Å²) in [5.74, 6) is 0.830. The van der Waals surface area contributed by atoms with Crippen molar-refractivity contribution in [2.75, 3.05) is 13.1 Å². The van der Waals surface area contributed by atoms with E-state index in [-0.39, 0.29) is 5.78 Å². The number of rotatable bonds is 6. The SMILES string of the molecule is Cc1[nH]c2ccccc2c1C(=O)CNCCC(C)C. The lowest BCUT2D eigenvalue weighted by Crippen LogP contribution is -2.25. The molecule has 0 radical (unpaired) electrons. The average Bonchev–Trinajstić information content (AvgIpc) is 2.70. The fraction of sp³-hybridized carbons (Fsp3) is 0.438. The molecule has 0 saturated carbocycles. The Morgan fingerprint density at radius 3 is 2.79 bits per heavy atom. The number of carbonyl (C=O) groups is 1. The van der Waals surface area contributed by atoms with Gasteiger partial charge in [0, 0.05) is 22.2 Å². The molecule has 0 bridgehead atoms. The molecule has 0 aliphatic rings. The zero-order valence-corrected chi connectivity index (χ0v) is 11.9. The lowest BCUT2D eigenvalue weighted by atomic mass is 10.1. The zero-order chi connectivity index (χ0) is 13.8. The molecule has 0 spiro atoms. The molecule has 1 aromatic heterocycles. The first kappa shape index (κ1) is 13.8. The average molecular weight is 258 g/mol. The van der Waals surface area contributed by atoms with Crippen molar-refractivity contribution in [3.05, 3.63) is 35.5 Å². The summed E-state index contributed by atoms with van der Waals surface area (Å²) in [6.07, 6.45) is 1.10. The first-order valence-corrected chi connectivity index (χ1v) is 6.91. The highest BCUT2D eigenvalue weighted by Gasteiger charge is 2.14. The van der Waals surface area contributed by atoms with E-state index in [9.17, 15) is 4.79 Å². The second-order valence-electron chi connectivity index (χ2n) is 5.45. The quantitative estimate of drug-likeness (QED) is 0.617. The number of aromatic amines is 1. The van der Waals surface area contributed by atoms with Crippen LogP contribution in [0.25, 0.3) is 10.9 Å². The van der Waals surface area contributed by atoms with Crippen LogP contribution in [0.3, 0.4) is 0 Å². The third kappa shape index (κ3) is 3.24. The van der Waals surface area contributed by atoms with Crippen LogP contribution in [0.4, 0.5) is 0 Å². The molecule has 1 heterocycles. The van der Waals surface area contributed by atoms with Gasteiger partial charge in [0.1, 0.15) is 0 Å². The topological polar surface area (TPSA) is 44.9 Å². The lowest BCUT2D eigenvalue weighted by Gasteiger charge is -2.06. The van der Waals surface area contributed by atoms with Gasteiger partial charge >= 0.3 is 0 Å². The van der Waals surface area contributed by atoms with Crippen molar-refractivity contribution in [2.45, 2.75) is 27.2 Å². The van der Waals surface area contributed by atoms with E-state index in [1.54, 1.807) is 0 Å². The van der Waals surface area contributed by atoms with Crippen LogP contribution in [-0.4, -0.2) is 23.9 Å². The standard InChI is InChI=1S/C16H22N2O/c1-11(2)8-9-17-10-15(19)16-12(3)18-14-7-5-4-6-13(14)16/h4-7,11,17-18H,8-10H2,1-3H3. The van der Waals surface area contributed by atoms with E-state index in [4.69, 9.17) is 0 Å². The number of aryl methyl sites for hydroxylation is 1. The van der Waals surface area contributed by atoms with Crippen molar-refractivity contribution < 1.29 is 4.79 Å². The van der Waals surface area contributed by atoms with Gasteiger partial charge in [-0.05, 0) is 31.9 Å². The van der Waals surface area contributed by atoms with Crippen LogP contribution >= 0.6 is 0 Å². The van der Waals surface area contributed by atoms with Gasteiger partial charge < -0.3 is 10.3 Å². The highest BCUT2D eigenvalue weighted by atomic mass is 16.1. The predicted octanol–water partition coefficient (Wildman–Crippen LogP) is 3.29. The maximum atomic E-state index is 12.3. The second kappa shape index (κ2) is 6.02. The third-order valence-corrected chi connectivity index (χ3v) is 3.36. The van der Waals surface area contributed by atoms with Gasteiger partial charge in [-0.15, -0.1) is 0 Å². The molecule has 3 nitrogen and oxygen atoms in total. The van der Waals surface area contributed by atoms with Crippen LogP contribution in [0.1, 0.15) is 36.3 Å². The van der Waals surface area contributed by atoms with Gasteiger partial charge in [-0.2, -0.15) is 0 Å². The number of Topliss-reactive ketones (excluding diaryl/α,β-unsaturated/α-hetero) is 1. The number of hydrogen-bond acceptors (Lipinski definition) is 2. The van der Waals surface area contributed by atoms with Gasteiger partial charge in [0.15, 0.2) is 5.78 Å². The molecule has 0 saturated heterocycles. The van der Waals surface area contributed by atoms with E-state index >= 15 is 0 Å². The fourth-order valence-electron chi connectivity index (χ4n) is 2.32. The Hall–Kier alpha value is -1.61. The molecule has 1 aromatic carbocycles. The molecule has 2 N–H and O–H groups in total. The number of hydrogen-bond donors (Lipinski definition) is 2. The van der Waals surface area contributed by atoms with E-state index in [0.717, 1.165) is 35.1 Å². The number of carbonyl (C=O) groups excluding carboxylic acids is 1. The minimum atomic E-state index is 0.165. The Bertz CT molecular complexity index is 569. The molecule has 0 unspecified atom stereocenters. The highest BCUT2D eigenvalue weighted by molar-refractivity contribution is 6.10. The van der Waals surface area contributed by atoms with E-state index < -0.39 is 0 Å². The maximum absolute atomic E-state index is 12.3. The van der Waals surface area contributed by atoms with Crippen LogP contribution in [0, 0.1) is 12.8 Å². The van der Waals surface area contributed by atoms with E-state index in [0.29, 0.717) is 12.5 Å². The summed E-state index contributed by atoms with van der Waals surface area (Å²) in [5.41, 5.74) is 2.81. The van der Waals surface area contributed by atoms with Crippen molar-refractivity contribution in [2.24, 2.45) is 5.92 Å². The Morgan fingerprint density at radius 1 is 1.32 bits per heavy atom. The number of nitrogens with one attached hydrogen (secondary N) is 2. The van der Waals surface area contributed by atoms with Gasteiger partial charge in [-0.3, -0.25) is 4.79 Å². The third-order valence-electron chi connectivity index (χ3n) is 3.36. The zero-order valence-electron chi connectivity index (χ0n) is 11.9. The number of para-hydroxylation sites is 1. The molecule has 2 aromatic rings. The minimum absolute atomic E-state index is 0.165. The predicted molar refractivity (Wildman–Crippen MR) is 79.7 cm³/mol. The number of aromatic nitrogens is 1. The summed E-state index contributed by atoms with van der Waals surface area (Å²) in [6, 6.07) is 7.96.